The molecule has 2 heterocycles. The average Bonchev–Trinajstić information content (AvgIpc) is 3.14. The molecule has 0 aliphatic carbocycles. The van der Waals surface area contributed by atoms with Crippen LogP contribution in [0.3, 0.4) is 0 Å². The van der Waals surface area contributed by atoms with Gasteiger partial charge in [0.05, 0.1) is 12.3 Å². The van der Waals surface area contributed by atoms with Crippen LogP contribution < -0.4 is 10.7 Å². The number of amidine groups is 1. The van der Waals surface area contributed by atoms with Gasteiger partial charge < -0.3 is 5.32 Å². The molecule has 5 nitrogen and oxygen atoms in total. The van der Waals surface area contributed by atoms with Crippen LogP contribution in [0.15, 0.2) is 34.4 Å². The van der Waals surface area contributed by atoms with Gasteiger partial charge in [0.25, 0.3) is 11.9 Å². The van der Waals surface area contributed by atoms with Crippen molar-refractivity contribution in [2.24, 2.45) is 10.1 Å². The molecule has 1 atom stereocenters. The highest BCUT2D eigenvalue weighted by molar-refractivity contribution is 8.15. The van der Waals surface area contributed by atoms with Gasteiger partial charge in [0.1, 0.15) is 5.69 Å². The Kier molecular flexibility index (Phi) is 6.18. The first-order chi connectivity index (χ1) is 13.4. The number of nitrogens with one attached hydrogen (secondary N) is 2. The van der Waals surface area contributed by atoms with Crippen molar-refractivity contribution >= 4 is 34.0 Å². The number of halogens is 4. The van der Waals surface area contributed by atoms with Crippen molar-refractivity contribution in [3.8, 4) is 0 Å². The number of hydrogen-bond acceptors (Lipinski definition) is 6. The Morgan fingerprint density at radius 3 is 2.36 bits per heavy atom. The van der Waals surface area contributed by atoms with E-state index in [0.29, 0.717) is 16.5 Å². The summed E-state index contributed by atoms with van der Waals surface area (Å²) in [5.41, 5.74) is 2.84. The van der Waals surface area contributed by atoms with Gasteiger partial charge in [-0.05, 0) is 31.0 Å². The van der Waals surface area contributed by atoms with Gasteiger partial charge in [-0.15, -0.1) is 0 Å². The van der Waals surface area contributed by atoms with Crippen molar-refractivity contribution in [3.05, 3.63) is 53.4 Å². The van der Waals surface area contributed by atoms with Gasteiger partial charge in [0.15, 0.2) is 5.17 Å². The summed E-state index contributed by atoms with van der Waals surface area (Å²) in [6, 6.07) is 7.12. The van der Waals surface area contributed by atoms with E-state index in [0.717, 1.165) is 23.8 Å². The third-order valence-electron chi connectivity index (χ3n) is 4.06. The average molecular weight is 411 g/mol. The molecule has 0 fully saturated rings. The van der Waals surface area contributed by atoms with Crippen LogP contribution in [0.2, 0.25) is 0 Å². The zero-order chi connectivity index (χ0) is 20.3. The Balaban J connectivity index is 1.69. The van der Waals surface area contributed by atoms with E-state index in [1.807, 2.05) is 17.6 Å². The molecule has 10 heteroatoms. The molecule has 0 amide bonds. The predicted octanol–water partition coefficient (Wildman–Crippen LogP) is 4.77. The summed E-state index contributed by atoms with van der Waals surface area (Å²) in [5.74, 6) is -6.78. The van der Waals surface area contributed by atoms with Crippen molar-refractivity contribution in [2.45, 2.75) is 25.5 Å². The first-order valence-corrected chi connectivity index (χ1v) is 9.35. The van der Waals surface area contributed by atoms with E-state index in [9.17, 15) is 17.6 Å². The minimum atomic E-state index is -1.75. The molecular formula is C18H17F4N5S. The normalized spacial score (nSPS) is 16.9. The van der Waals surface area contributed by atoms with E-state index in [1.54, 1.807) is 30.8 Å². The maximum atomic E-state index is 13.6. The van der Waals surface area contributed by atoms with Crippen molar-refractivity contribution in [2.75, 3.05) is 17.3 Å². The third-order valence-corrected chi connectivity index (χ3v) is 5.33. The molecule has 3 rings (SSSR count). The second-order valence-corrected chi connectivity index (χ2v) is 7.29. The Morgan fingerprint density at radius 2 is 1.79 bits per heavy atom. The van der Waals surface area contributed by atoms with E-state index < -0.39 is 29.2 Å². The van der Waals surface area contributed by atoms with E-state index in [-0.39, 0.29) is 0 Å². The molecule has 1 aromatic carbocycles. The fourth-order valence-electron chi connectivity index (χ4n) is 2.41. The van der Waals surface area contributed by atoms with Crippen LogP contribution in [-0.4, -0.2) is 27.7 Å². The molecule has 0 spiro atoms. The van der Waals surface area contributed by atoms with Gasteiger partial charge in [-0.25, -0.2) is 0 Å². The second kappa shape index (κ2) is 8.59. The van der Waals surface area contributed by atoms with Crippen LogP contribution in [0.5, 0.6) is 0 Å². The largest absolute Gasteiger partial charge is 0.335 e. The highest BCUT2D eigenvalue weighted by atomic mass is 32.2. The van der Waals surface area contributed by atoms with Crippen LogP contribution in [-0.2, 0) is 0 Å². The van der Waals surface area contributed by atoms with Gasteiger partial charge in [0, 0.05) is 10.9 Å². The lowest BCUT2D eigenvalue weighted by Crippen LogP contribution is -2.08. The quantitative estimate of drug-likeness (QED) is 0.322. The van der Waals surface area contributed by atoms with Gasteiger partial charge in [-0.2, -0.15) is 27.6 Å². The molecule has 0 radical (unpaired) electrons. The minimum absolute atomic E-state index is 0.363. The number of hydrogen-bond donors (Lipinski definition) is 2. The van der Waals surface area contributed by atoms with Crippen LogP contribution in [0.25, 0.3) is 0 Å². The SMILES string of the molecule is CC[C@@H]1CN=C(Nc2ccc(/C(C)=N\Nc3c(F)c(F)nc(F)c3F)cc2)S1. The van der Waals surface area contributed by atoms with Crippen molar-refractivity contribution in [1.29, 1.82) is 0 Å². The topological polar surface area (TPSA) is 61.7 Å². The van der Waals surface area contributed by atoms with Gasteiger partial charge in [-0.3, -0.25) is 10.4 Å². The van der Waals surface area contributed by atoms with Gasteiger partial charge >= 0.3 is 0 Å². The molecule has 2 aromatic rings. The van der Waals surface area contributed by atoms with Crippen LogP contribution in [0.1, 0.15) is 25.8 Å². The number of rotatable bonds is 5. The first-order valence-electron chi connectivity index (χ1n) is 8.47. The number of aromatic nitrogens is 1. The Hall–Kier alpha value is -2.62. The number of aliphatic imine (C=N–C) groups is 1. The van der Waals surface area contributed by atoms with E-state index in [2.05, 4.69) is 27.3 Å². The molecule has 1 aliphatic heterocycles. The van der Waals surface area contributed by atoms with Crippen molar-refractivity contribution in [1.82, 2.24) is 4.98 Å². The molecule has 2 N–H and O–H groups in total. The molecule has 1 aliphatic rings. The summed E-state index contributed by atoms with van der Waals surface area (Å²) in [4.78, 5) is 6.92. The number of benzene rings is 1. The fourth-order valence-corrected chi connectivity index (χ4v) is 3.36. The molecule has 0 saturated heterocycles. The molecule has 28 heavy (non-hydrogen) atoms. The first kappa shape index (κ1) is 20.1. The fraction of sp³-hybridized carbons (Fsp3) is 0.278. The zero-order valence-electron chi connectivity index (χ0n) is 15.1. The Bertz CT molecular complexity index is 904. The summed E-state index contributed by atoms with van der Waals surface area (Å²) in [6.45, 7) is 4.50. The highest BCUT2D eigenvalue weighted by Gasteiger charge is 2.20. The summed E-state index contributed by atoms with van der Waals surface area (Å²) in [6.07, 6.45) is 1.05. The van der Waals surface area contributed by atoms with E-state index >= 15 is 0 Å². The van der Waals surface area contributed by atoms with Gasteiger partial charge in [0.2, 0.25) is 11.6 Å². The summed E-state index contributed by atoms with van der Waals surface area (Å²) < 4.78 is 53.4. The monoisotopic (exact) mass is 411 g/mol. The Labute approximate surface area is 163 Å². The predicted molar refractivity (Wildman–Crippen MR) is 104 cm³/mol. The maximum absolute atomic E-state index is 13.6. The number of pyridine rings is 1. The summed E-state index contributed by atoms with van der Waals surface area (Å²) >= 11 is 1.69. The molecule has 1 aromatic heterocycles. The molecular weight excluding hydrogens is 394 g/mol. The van der Waals surface area contributed by atoms with Crippen molar-refractivity contribution < 1.29 is 17.6 Å². The summed E-state index contributed by atoms with van der Waals surface area (Å²) in [5, 5.41) is 8.38. The zero-order valence-corrected chi connectivity index (χ0v) is 15.9. The lowest BCUT2D eigenvalue weighted by atomic mass is 10.1. The third kappa shape index (κ3) is 4.44. The second-order valence-electron chi connectivity index (χ2n) is 6.00. The molecule has 0 unspecified atom stereocenters. The number of thioether (sulfide) groups is 1. The van der Waals surface area contributed by atoms with Crippen LogP contribution in [0.4, 0.5) is 28.9 Å². The molecule has 0 saturated carbocycles. The van der Waals surface area contributed by atoms with Crippen molar-refractivity contribution in [3.63, 3.8) is 0 Å². The standard InChI is InChI=1S/C18H17F4N5S/c1-3-12-8-23-18(28-12)24-11-6-4-10(5-7-11)9(2)26-27-15-13(19)16(21)25-17(22)14(15)20/h4-7,12H,3,8H2,1-2H3,(H,23,24)(H,25,27)/b26-9-/t12-/m1/s1. The van der Waals surface area contributed by atoms with Crippen LogP contribution >= 0.6 is 11.8 Å². The van der Waals surface area contributed by atoms with E-state index in [4.69, 9.17) is 0 Å². The number of hydrazone groups is 1. The Morgan fingerprint density at radius 1 is 1.14 bits per heavy atom. The van der Waals surface area contributed by atoms with Crippen LogP contribution in [0, 0.1) is 23.5 Å². The maximum Gasteiger partial charge on any atom is 0.254 e. The molecule has 0 bridgehead atoms. The lowest BCUT2D eigenvalue weighted by Gasteiger charge is -2.09. The van der Waals surface area contributed by atoms with Gasteiger partial charge in [-0.1, -0.05) is 30.8 Å². The number of nitrogens with zero attached hydrogens (tertiary/aromatic N) is 3. The minimum Gasteiger partial charge on any atom is -0.335 e. The number of anilines is 2. The molecule has 148 valence electrons. The smallest absolute Gasteiger partial charge is 0.254 e. The lowest BCUT2D eigenvalue weighted by molar-refractivity contribution is 0.411. The highest BCUT2D eigenvalue weighted by Crippen LogP contribution is 2.25. The van der Waals surface area contributed by atoms with E-state index in [1.165, 1.54) is 0 Å². The summed E-state index contributed by atoms with van der Waals surface area (Å²) in [7, 11) is 0.